The first-order valence-electron chi connectivity index (χ1n) is 11.3. The number of fused-ring (bicyclic) bond motifs is 2. The zero-order valence-corrected chi connectivity index (χ0v) is 19.1. The van der Waals surface area contributed by atoms with E-state index in [4.69, 9.17) is 9.47 Å². The topological polar surface area (TPSA) is 86.4 Å². The number of likely N-dealkylation sites (tertiary alicyclic amines) is 1. The molecule has 174 valence electrons. The second kappa shape index (κ2) is 8.99. The molecule has 1 aromatic carbocycles. The first-order chi connectivity index (χ1) is 16.0. The first-order valence-corrected chi connectivity index (χ1v) is 11.3. The Morgan fingerprint density at radius 2 is 2.15 bits per heavy atom. The van der Waals surface area contributed by atoms with Crippen LogP contribution in [0.2, 0.25) is 0 Å². The Morgan fingerprint density at radius 1 is 1.30 bits per heavy atom. The third-order valence-electron chi connectivity index (χ3n) is 6.57. The van der Waals surface area contributed by atoms with Gasteiger partial charge in [0.2, 0.25) is 0 Å². The number of piperidine rings is 1. The highest BCUT2D eigenvalue weighted by Gasteiger charge is 2.47. The number of ether oxygens (including phenoxy) is 2. The summed E-state index contributed by atoms with van der Waals surface area (Å²) >= 11 is 0. The van der Waals surface area contributed by atoms with Crippen LogP contribution in [0.15, 0.2) is 49.1 Å². The van der Waals surface area contributed by atoms with E-state index in [0.29, 0.717) is 13.1 Å². The van der Waals surface area contributed by atoms with Crippen LogP contribution in [0.3, 0.4) is 0 Å². The maximum Gasteiger partial charge on any atom is 0.251 e. The molecule has 5 rings (SSSR count). The van der Waals surface area contributed by atoms with E-state index in [-0.39, 0.29) is 5.91 Å². The molecule has 4 heterocycles. The van der Waals surface area contributed by atoms with Crippen molar-refractivity contribution in [1.29, 1.82) is 0 Å². The molecule has 0 bridgehead atoms. The summed E-state index contributed by atoms with van der Waals surface area (Å²) in [5.74, 6) is 1.60. The molecule has 2 aliphatic rings. The Morgan fingerprint density at radius 3 is 2.91 bits per heavy atom. The molecule has 9 nitrogen and oxygen atoms in total. The molecule has 1 amide bonds. The van der Waals surface area contributed by atoms with Gasteiger partial charge in [0.25, 0.3) is 5.91 Å². The van der Waals surface area contributed by atoms with E-state index in [2.05, 4.69) is 31.1 Å². The molecule has 2 aliphatic heterocycles. The number of methoxy groups -OCH3 is 1. The lowest BCUT2D eigenvalue weighted by molar-refractivity contribution is -0.174. The van der Waals surface area contributed by atoms with Crippen LogP contribution in [0.4, 0.5) is 0 Å². The summed E-state index contributed by atoms with van der Waals surface area (Å²) in [5, 5.41) is 7.30. The van der Waals surface area contributed by atoms with Crippen molar-refractivity contribution >= 4 is 5.91 Å². The van der Waals surface area contributed by atoms with Crippen LogP contribution in [-0.4, -0.2) is 56.4 Å². The molecule has 1 saturated heterocycles. The van der Waals surface area contributed by atoms with Crippen molar-refractivity contribution in [2.45, 2.75) is 44.2 Å². The van der Waals surface area contributed by atoms with Crippen molar-refractivity contribution in [3.8, 4) is 5.75 Å². The van der Waals surface area contributed by atoms with Crippen molar-refractivity contribution < 1.29 is 14.3 Å². The van der Waals surface area contributed by atoms with Gasteiger partial charge >= 0.3 is 0 Å². The van der Waals surface area contributed by atoms with E-state index < -0.39 is 11.7 Å². The summed E-state index contributed by atoms with van der Waals surface area (Å²) in [7, 11) is 3.57. The zero-order valence-electron chi connectivity index (χ0n) is 19.1. The molecule has 0 aliphatic carbocycles. The number of hydrogen-bond acceptors (Lipinski definition) is 6. The molecule has 0 radical (unpaired) electrons. The van der Waals surface area contributed by atoms with Gasteiger partial charge in [-0.1, -0.05) is 12.1 Å². The highest BCUT2D eigenvalue weighted by atomic mass is 16.5. The van der Waals surface area contributed by atoms with E-state index in [9.17, 15) is 4.79 Å². The molecular formula is C24H30N6O3. The van der Waals surface area contributed by atoms with Gasteiger partial charge in [0.1, 0.15) is 17.2 Å². The average molecular weight is 451 g/mol. The number of aryl methyl sites for hydroxylation is 1. The van der Waals surface area contributed by atoms with Gasteiger partial charge in [-0.05, 0) is 30.5 Å². The van der Waals surface area contributed by atoms with Crippen molar-refractivity contribution in [3.05, 3.63) is 66.0 Å². The SMILES string of the molecule is COc1cccc(CNC(=O)C2Cn3ccnc3C3(CCN(Cc4cnn(C)c4)CC3)O2)c1. The van der Waals surface area contributed by atoms with Crippen LogP contribution >= 0.6 is 0 Å². The van der Waals surface area contributed by atoms with E-state index in [0.717, 1.165) is 49.6 Å². The Hall–Kier alpha value is -3.17. The van der Waals surface area contributed by atoms with Gasteiger partial charge in [0, 0.05) is 57.4 Å². The van der Waals surface area contributed by atoms with Crippen molar-refractivity contribution in [2.75, 3.05) is 20.2 Å². The number of carbonyl (C=O) groups excluding carboxylic acids is 1. The lowest BCUT2D eigenvalue weighted by Crippen LogP contribution is -2.53. The third-order valence-corrected chi connectivity index (χ3v) is 6.57. The molecule has 3 aromatic rings. The third kappa shape index (κ3) is 4.51. The standard InChI is InChI=1S/C24H30N6O3/c1-28-15-19(14-27-28)16-29-9-6-24(7-10-29)23-25-8-11-30(23)17-21(33-24)22(31)26-13-18-4-3-5-20(12-18)32-2/h3-5,8,11-12,14-15,21H,6-7,9-10,13,16-17H2,1-2H3,(H,26,31). The van der Waals surface area contributed by atoms with Gasteiger partial charge < -0.3 is 19.4 Å². The number of hydrogen-bond donors (Lipinski definition) is 1. The van der Waals surface area contributed by atoms with Gasteiger partial charge in [0.05, 0.1) is 19.9 Å². The molecule has 1 unspecified atom stereocenters. The van der Waals surface area contributed by atoms with Crippen LogP contribution in [-0.2, 0) is 41.8 Å². The summed E-state index contributed by atoms with van der Waals surface area (Å²) in [6.07, 6.45) is 8.76. The minimum absolute atomic E-state index is 0.102. The maximum absolute atomic E-state index is 13.1. The van der Waals surface area contributed by atoms with Crippen LogP contribution in [0.1, 0.15) is 29.8 Å². The molecule has 0 saturated carbocycles. The van der Waals surface area contributed by atoms with E-state index in [1.165, 1.54) is 5.56 Å². The smallest absolute Gasteiger partial charge is 0.251 e. The summed E-state index contributed by atoms with van der Waals surface area (Å²) in [4.78, 5) is 20.1. The number of nitrogens with zero attached hydrogens (tertiary/aromatic N) is 5. The normalized spacial score (nSPS) is 19.9. The minimum atomic E-state index is -0.554. The Balaban J connectivity index is 1.25. The average Bonchev–Trinajstić information content (AvgIpc) is 3.48. The second-order valence-corrected chi connectivity index (χ2v) is 8.87. The van der Waals surface area contributed by atoms with Gasteiger partial charge in [-0.2, -0.15) is 5.10 Å². The number of rotatable bonds is 6. The highest BCUT2D eigenvalue weighted by molar-refractivity contribution is 5.81. The largest absolute Gasteiger partial charge is 0.497 e. The summed E-state index contributed by atoms with van der Waals surface area (Å²) in [6.45, 7) is 3.52. The predicted octanol–water partition coefficient (Wildman–Crippen LogP) is 1.83. The maximum atomic E-state index is 13.1. The van der Waals surface area contributed by atoms with Crippen LogP contribution in [0.25, 0.3) is 0 Å². The van der Waals surface area contributed by atoms with Crippen molar-refractivity contribution in [2.24, 2.45) is 7.05 Å². The molecule has 33 heavy (non-hydrogen) atoms. The lowest BCUT2D eigenvalue weighted by Gasteiger charge is -2.45. The zero-order chi connectivity index (χ0) is 22.8. The molecule has 1 N–H and O–H groups in total. The van der Waals surface area contributed by atoms with Gasteiger partial charge in [-0.25, -0.2) is 4.98 Å². The summed E-state index contributed by atoms with van der Waals surface area (Å²) in [5.41, 5.74) is 1.65. The number of imidazole rings is 1. The molecule has 1 spiro atoms. The van der Waals surface area contributed by atoms with Crippen LogP contribution in [0.5, 0.6) is 5.75 Å². The first kappa shape index (κ1) is 21.7. The van der Waals surface area contributed by atoms with Gasteiger partial charge in [-0.3, -0.25) is 14.4 Å². The van der Waals surface area contributed by atoms with Crippen LogP contribution in [0, 0.1) is 0 Å². The van der Waals surface area contributed by atoms with Crippen molar-refractivity contribution in [1.82, 2.24) is 29.5 Å². The molecular weight excluding hydrogens is 420 g/mol. The fraction of sp³-hybridized carbons (Fsp3) is 0.458. The molecule has 2 aromatic heterocycles. The fourth-order valence-corrected chi connectivity index (χ4v) is 4.84. The number of nitrogens with one attached hydrogen (secondary N) is 1. The van der Waals surface area contributed by atoms with Gasteiger partial charge in [-0.15, -0.1) is 0 Å². The highest BCUT2D eigenvalue weighted by Crippen LogP contribution is 2.40. The molecule has 9 heteroatoms. The van der Waals surface area contributed by atoms with E-state index in [1.807, 2.05) is 48.4 Å². The van der Waals surface area contributed by atoms with E-state index in [1.54, 1.807) is 13.3 Å². The molecule has 1 fully saturated rings. The predicted molar refractivity (Wildman–Crippen MR) is 121 cm³/mol. The summed E-state index contributed by atoms with van der Waals surface area (Å²) in [6, 6.07) is 7.71. The quantitative estimate of drug-likeness (QED) is 0.617. The van der Waals surface area contributed by atoms with E-state index >= 15 is 0 Å². The summed E-state index contributed by atoms with van der Waals surface area (Å²) < 4.78 is 15.7. The number of benzene rings is 1. The monoisotopic (exact) mass is 450 g/mol. The van der Waals surface area contributed by atoms with Crippen molar-refractivity contribution in [3.63, 3.8) is 0 Å². The fourth-order valence-electron chi connectivity index (χ4n) is 4.84. The second-order valence-electron chi connectivity index (χ2n) is 8.87. The Labute approximate surface area is 193 Å². The number of carbonyl (C=O) groups is 1. The van der Waals surface area contributed by atoms with Gasteiger partial charge in [0.15, 0.2) is 6.10 Å². The Kier molecular flexibility index (Phi) is 5.90. The lowest BCUT2D eigenvalue weighted by atomic mass is 9.88. The Bertz CT molecular complexity index is 1110. The number of aromatic nitrogens is 4. The molecule has 1 atom stereocenters. The van der Waals surface area contributed by atoms with Crippen LogP contribution < -0.4 is 10.1 Å². The number of amides is 1. The minimum Gasteiger partial charge on any atom is -0.497 e.